The van der Waals surface area contributed by atoms with Crippen LogP contribution in [0.4, 0.5) is 0 Å². The van der Waals surface area contributed by atoms with Crippen molar-refractivity contribution < 1.29 is 20.8 Å². The Morgan fingerprint density at radius 1 is 1.00 bits per heavy atom. The summed E-state index contributed by atoms with van der Waals surface area (Å²) in [6.45, 7) is 1.35. The number of aliphatic hydroxyl groups is 3. The highest BCUT2D eigenvalue weighted by Crippen LogP contribution is 2.18. The van der Waals surface area contributed by atoms with Crippen molar-refractivity contribution >= 4 is 0 Å². The van der Waals surface area contributed by atoms with Gasteiger partial charge in [0.2, 0.25) is 0 Å². The third-order valence-corrected chi connectivity index (χ3v) is 1.76. The van der Waals surface area contributed by atoms with Crippen molar-refractivity contribution in [2.45, 2.75) is 13.3 Å². The molecule has 0 rings (SSSR count). The number of aliphatic hydroxyl groups excluding tert-OH is 3. The molecule has 4 N–H and O–H groups in total. The van der Waals surface area contributed by atoms with Crippen LogP contribution >= 0.6 is 0 Å². The Bertz CT molecular complexity index is 52.6. The monoisotopic (exact) mass is 151 g/mol. The van der Waals surface area contributed by atoms with Crippen LogP contribution in [0.3, 0.4) is 0 Å². The molecule has 0 atom stereocenters. The lowest BCUT2D eigenvalue weighted by Gasteiger charge is -2.24. The molecule has 0 aliphatic carbocycles. The van der Waals surface area contributed by atoms with Crippen LogP contribution in [-0.2, 0) is 0 Å². The summed E-state index contributed by atoms with van der Waals surface area (Å²) in [4.78, 5) is 0. The summed E-state index contributed by atoms with van der Waals surface area (Å²) < 4.78 is 0. The average molecular weight is 151 g/mol. The number of hydrogen-bond acceptors (Lipinski definition) is 3. The van der Waals surface area contributed by atoms with Gasteiger partial charge in [-0.05, 0) is 6.42 Å². The second-order valence-corrected chi connectivity index (χ2v) is 2.33. The molecule has 0 spiro atoms. The average Bonchev–Trinajstić information content (AvgIpc) is 1.95. The minimum Gasteiger partial charge on any atom is -0.396 e. The molecular weight excluding hydrogens is 136 g/mol. The molecule has 0 heterocycles. The first-order chi connectivity index (χ1) is 4.24. The van der Waals surface area contributed by atoms with Crippen molar-refractivity contribution in [1.82, 2.24) is 0 Å². The first-order valence-electron chi connectivity index (χ1n) is 3.07. The molecule has 4 heteroatoms. The van der Waals surface area contributed by atoms with Gasteiger partial charge in [0.25, 0.3) is 0 Å². The number of hydrogen-bond donors (Lipinski definition) is 4. The molecule has 0 unspecified atom stereocenters. The van der Waals surface area contributed by atoms with Gasteiger partial charge in [-0.15, -0.1) is 0 Å². The Morgan fingerprint density at radius 3 is 1.30 bits per heavy atom. The fourth-order valence-electron chi connectivity index (χ4n) is 0.485. The minimum atomic E-state index is -0.667. The SMILES string of the molecule is CCC(CO)(CO)CO.[OH]. The van der Waals surface area contributed by atoms with E-state index in [1.807, 2.05) is 6.92 Å². The van der Waals surface area contributed by atoms with Gasteiger partial charge < -0.3 is 15.3 Å². The maximum atomic E-state index is 8.66. The first kappa shape index (κ1) is 12.5. The molecule has 0 aromatic carbocycles. The normalized spacial score (nSPS) is 10.8. The van der Waals surface area contributed by atoms with Crippen molar-refractivity contribution in [2.24, 2.45) is 5.41 Å². The molecule has 0 aromatic heterocycles. The van der Waals surface area contributed by atoms with E-state index in [4.69, 9.17) is 15.3 Å². The van der Waals surface area contributed by atoms with Crippen LogP contribution in [-0.4, -0.2) is 40.6 Å². The quantitative estimate of drug-likeness (QED) is 0.423. The lowest BCUT2D eigenvalue weighted by molar-refractivity contribution is 0.00304. The fourth-order valence-corrected chi connectivity index (χ4v) is 0.485. The van der Waals surface area contributed by atoms with Crippen molar-refractivity contribution in [1.29, 1.82) is 0 Å². The van der Waals surface area contributed by atoms with Crippen LogP contribution in [0, 0.1) is 5.41 Å². The maximum absolute atomic E-state index is 8.66. The van der Waals surface area contributed by atoms with Gasteiger partial charge in [0.15, 0.2) is 0 Å². The van der Waals surface area contributed by atoms with Crippen LogP contribution in [0.1, 0.15) is 13.3 Å². The van der Waals surface area contributed by atoms with Crippen LogP contribution in [0.5, 0.6) is 0 Å². The highest BCUT2D eigenvalue weighted by molar-refractivity contribution is 4.74. The highest BCUT2D eigenvalue weighted by atomic mass is 16.3. The maximum Gasteiger partial charge on any atom is 0.0531 e. The van der Waals surface area contributed by atoms with E-state index in [0.717, 1.165) is 0 Å². The van der Waals surface area contributed by atoms with Gasteiger partial charge >= 0.3 is 0 Å². The van der Waals surface area contributed by atoms with Crippen LogP contribution in [0.2, 0.25) is 0 Å². The van der Waals surface area contributed by atoms with E-state index in [1.165, 1.54) is 0 Å². The molecule has 0 amide bonds. The standard InChI is InChI=1S/C6H14O3.HO/c1-2-6(3-7,4-8)5-9;/h7-9H,2-5H2,1H3;1H. The molecule has 0 aromatic rings. The molecule has 0 aliphatic heterocycles. The Balaban J connectivity index is 0. The van der Waals surface area contributed by atoms with Crippen LogP contribution in [0.25, 0.3) is 0 Å². The first-order valence-corrected chi connectivity index (χ1v) is 3.07. The van der Waals surface area contributed by atoms with Gasteiger partial charge in [-0.1, -0.05) is 6.92 Å². The van der Waals surface area contributed by atoms with Gasteiger partial charge in [0.05, 0.1) is 19.8 Å². The minimum absolute atomic E-state index is 0. The molecule has 0 bridgehead atoms. The van der Waals surface area contributed by atoms with E-state index >= 15 is 0 Å². The zero-order valence-electron chi connectivity index (χ0n) is 6.12. The van der Waals surface area contributed by atoms with E-state index < -0.39 is 5.41 Å². The molecule has 63 valence electrons. The summed E-state index contributed by atoms with van der Waals surface area (Å²) in [6.07, 6.45) is 0.594. The predicted octanol–water partition coefficient (Wildman–Crippen LogP) is -0.817. The molecule has 4 nitrogen and oxygen atoms in total. The lowest BCUT2D eigenvalue weighted by atomic mass is 9.88. The third kappa shape index (κ3) is 2.62. The van der Waals surface area contributed by atoms with Crippen molar-refractivity contribution in [3.05, 3.63) is 0 Å². The predicted molar refractivity (Wildman–Crippen MR) is 35.9 cm³/mol. The second-order valence-electron chi connectivity index (χ2n) is 2.33. The van der Waals surface area contributed by atoms with Gasteiger partial charge in [-0.25, -0.2) is 0 Å². The molecule has 0 saturated carbocycles. The summed E-state index contributed by atoms with van der Waals surface area (Å²) in [5.41, 5.74) is -0.667. The van der Waals surface area contributed by atoms with Gasteiger partial charge in [0.1, 0.15) is 0 Å². The van der Waals surface area contributed by atoms with E-state index in [1.54, 1.807) is 0 Å². The van der Waals surface area contributed by atoms with Gasteiger partial charge in [0, 0.05) is 5.41 Å². The van der Waals surface area contributed by atoms with Gasteiger partial charge in [-0.3, -0.25) is 5.48 Å². The summed E-state index contributed by atoms with van der Waals surface area (Å²) in [7, 11) is 0. The summed E-state index contributed by atoms with van der Waals surface area (Å²) in [6, 6.07) is 0. The lowest BCUT2D eigenvalue weighted by Crippen LogP contribution is -2.32. The largest absolute Gasteiger partial charge is 0.396 e. The zero-order valence-corrected chi connectivity index (χ0v) is 6.12. The van der Waals surface area contributed by atoms with E-state index in [2.05, 4.69) is 0 Å². The topological polar surface area (TPSA) is 90.7 Å². The Morgan fingerprint density at radius 2 is 1.30 bits per heavy atom. The zero-order chi connectivity index (χ0) is 7.33. The molecule has 0 saturated heterocycles. The molecule has 0 fully saturated rings. The van der Waals surface area contributed by atoms with E-state index in [-0.39, 0.29) is 25.3 Å². The molecule has 10 heavy (non-hydrogen) atoms. The molecule has 0 aliphatic rings. The summed E-state index contributed by atoms with van der Waals surface area (Å²) in [5, 5.41) is 26.0. The van der Waals surface area contributed by atoms with E-state index in [9.17, 15) is 0 Å². The second kappa shape index (κ2) is 5.61. The van der Waals surface area contributed by atoms with Gasteiger partial charge in [-0.2, -0.15) is 0 Å². The Hall–Kier alpha value is -0.160. The smallest absolute Gasteiger partial charge is 0.0531 e. The Labute approximate surface area is 60.4 Å². The Kier molecular flexibility index (Phi) is 7.02. The fraction of sp³-hybridized carbons (Fsp3) is 1.00. The van der Waals surface area contributed by atoms with Crippen molar-refractivity contribution in [3.63, 3.8) is 0 Å². The van der Waals surface area contributed by atoms with Crippen molar-refractivity contribution in [2.75, 3.05) is 19.8 Å². The number of rotatable bonds is 4. The van der Waals surface area contributed by atoms with Crippen LogP contribution < -0.4 is 0 Å². The highest BCUT2D eigenvalue weighted by Gasteiger charge is 2.24. The third-order valence-electron chi connectivity index (χ3n) is 1.76. The molecule has 1 radical (unpaired) electrons. The summed E-state index contributed by atoms with van der Waals surface area (Å²) >= 11 is 0. The summed E-state index contributed by atoms with van der Waals surface area (Å²) in [5.74, 6) is 0. The van der Waals surface area contributed by atoms with E-state index in [0.29, 0.717) is 6.42 Å². The van der Waals surface area contributed by atoms with Crippen molar-refractivity contribution in [3.8, 4) is 0 Å². The van der Waals surface area contributed by atoms with Crippen LogP contribution in [0.15, 0.2) is 0 Å². The molecular formula is C6H15O4.